The fourth-order valence-electron chi connectivity index (χ4n) is 3.21. The van der Waals surface area contributed by atoms with Crippen molar-refractivity contribution in [3.05, 3.63) is 54.6 Å². The molecule has 1 amide bonds. The molecular weight excluding hydrogens is 350 g/mol. The molecule has 0 atom stereocenters. The summed E-state index contributed by atoms with van der Waals surface area (Å²) in [5, 5.41) is 9.69. The third-order valence-electron chi connectivity index (χ3n) is 4.67. The number of carbonyl (C=O) groups is 1. The predicted octanol–water partition coefficient (Wildman–Crippen LogP) is 3.81. The summed E-state index contributed by atoms with van der Waals surface area (Å²) in [4.78, 5) is 12.8. The number of nitrogens with one attached hydrogen (secondary N) is 3. The van der Waals surface area contributed by atoms with Gasteiger partial charge in [0.15, 0.2) is 0 Å². The van der Waals surface area contributed by atoms with Gasteiger partial charge in [0.25, 0.3) is 0 Å². The number of para-hydroxylation sites is 1. The molecule has 3 rings (SSSR count). The molecule has 0 saturated carbocycles. The summed E-state index contributed by atoms with van der Waals surface area (Å²) >= 11 is 0. The number of amides is 1. The highest BCUT2D eigenvalue weighted by atomic mass is 35.5. The molecule has 1 aliphatic heterocycles. The minimum Gasteiger partial charge on any atom is -0.384 e. The van der Waals surface area contributed by atoms with Crippen LogP contribution in [-0.4, -0.2) is 32.7 Å². The van der Waals surface area contributed by atoms with Crippen LogP contribution in [0.15, 0.2) is 54.6 Å². The number of piperidine rings is 1. The van der Waals surface area contributed by atoms with Gasteiger partial charge in [0.1, 0.15) is 0 Å². The Morgan fingerprint density at radius 1 is 1.00 bits per heavy atom. The van der Waals surface area contributed by atoms with Crippen molar-refractivity contribution in [2.24, 2.45) is 5.41 Å². The second kappa shape index (κ2) is 9.57. The Labute approximate surface area is 160 Å². The van der Waals surface area contributed by atoms with Crippen molar-refractivity contribution in [1.82, 2.24) is 5.32 Å². The SMILES string of the molecule is COCC1(C(=O)Nc2ccc(Nc3ccccc3)cc2)CCNCC1.Cl. The Hall–Kier alpha value is -2.08. The van der Waals surface area contributed by atoms with E-state index in [9.17, 15) is 4.79 Å². The number of anilines is 3. The van der Waals surface area contributed by atoms with Crippen molar-refractivity contribution in [3.63, 3.8) is 0 Å². The highest BCUT2D eigenvalue weighted by molar-refractivity contribution is 5.95. The predicted molar refractivity (Wildman–Crippen MR) is 108 cm³/mol. The summed E-state index contributed by atoms with van der Waals surface area (Å²) in [7, 11) is 1.65. The lowest BCUT2D eigenvalue weighted by molar-refractivity contribution is -0.130. The maximum atomic E-state index is 12.8. The molecule has 3 N–H and O–H groups in total. The van der Waals surface area contributed by atoms with Crippen molar-refractivity contribution in [2.45, 2.75) is 12.8 Å². The molecule has 5 nitrogen and oxygen atoms in total. The molecule has 0 unspecified atom stereocenters. The monoisotopic (exact) mass is 375 g/mol. The van der Waals surface area contributed by atoms with Crippen LogP contribution in [0.25, 0.3) is 0 Å². The minimum atomic E-state index is -0.443. The molecule has 140 valence electrons. The van der Waals surface area contributed by atoms with Crippen molar-refractivity contribution < 1.29 is 9.53 Å². The molecule has 1 aliphatic rings. The molecule has 0 bridgehead atoms. The third-order valence-corrected chi connectivity index (χ3v) is 4.67. The third kappa shape index (κ3) is 4.97. The van der Waals surface area contributed by atoms with Crippen LogP contribution < -0.4 is 16.0 Å². The number of hydrogen-bond acceptors (Lipinski definition) is 4. The zero-order chi connectivity index (χ0) is 17.5. The maximum absolute atomic E-state index is 12.8. The Kier molecular flexibility index (Phi) is 7.45. The number of carbonyl (C=O) groups excluding carboxylic acids is 1. The Bertz CT molecular complexity index is 680. The van der Waals surface area contributed by atoms with Crippen molar-refractivity contribution in [1.29, 1.82) is 0 Å². The lowest BCUT2D eigenvalue weighted by Gasteiger charge is -2.35. The number of hydrogen-bond donors (Lipinski definition) is 3. The summed E-state index contributed by atoms with van der Waals surface area (Å²) in [6.45, 7) is 2.14. The highest BCUT2D eigenvalue weighted by Crippen LogP contribution is 2.31. The fourth-order valence-corrected chi connectivity index (χ4v) is 3.21. The van der Waals surface area contributed by atoms with Gasteiger partial charge in [-0.05, 0) is 62.3 Å². The van der Waals surface area contributed by atoms with Crippen LogP contribution in [0.1, 0.15) is 12.8 Å². The first-order valence-corrected chi connectivity index (χ1v) is 8.65. The van der Waals surface area contributed by atoms with Crippen molar-refractivity contribution in [2.75, 3.05) is 37.4 Å². The van der Waals surface area contributed by atoms with E-state index in [1.165, 1.54) is 0 Å². The summed E-state index contributed by atoms with van der Waals surface area (Å²) < 4.78 is 5.33. The lowest BCUT2D eigenvalue weighted by atomic mass is 9.78. The zero-order valence-electron chi connectivity index (χ0n) is 15.0. The first-order chi connectivity index (χ1) is 12.2. The van der Waals surface area contributed by atoms with E-state index in [1.54, 1.807) is 7.11 Å². The van der Waals surface area contributed by atoms with Crippen LogP contribution in [0.3, 0.4) is 0 Å². The summed E-state index contributed by atoms with van der Waals surface area (Å²) in [5.41, 5.74) is 2.38. The number of rotatable bonds is 6. The van der Waals surface area contributed by atoms with Gasteiger partial charge in [-0.15, -0.1) is 12.4 Å². The van der Waals surface area contributed by atoms with E-state index >= 15 is 0 Å². The van der Waals surface area contributed by atoms with E-state index in [4.69, 9.17) is 4.74 Å². The standard InChI is InChI=1S/C20H25N3O2.ClH/c1-25-15-20(11-13-21-14-12-20)19(24)23-18-9-7-17(8-10-18)22-16-5-3-2-4-6-16;/h2-10,21-22H,11-15H2,1H3,(H,23,24);1H. The molecule has 1 saturated heterocycles. The molecule has 26 heavy (non-hydrogen) atoms. The average Bonchev–Trinajstić information content (AvgIpc) is 2.65. The second-order valence-corrected chi connectivity index (χ2v) is 6.49. The van der Waals surface area contributed by atoms with Gasteiger partial charge in [0.2, 0.25) is 5.91 Å². The van der Waals surface area contributed by atoms with Crippen LogP contribution in [-0.2, 0) is 9.53 Å². The van der Waals surface area contributed by atoms with E-state index in [0.717, 1.165) is 43.0 Å². The van der Waals surface area contributed by atoms with Gasteiger partial charge < -0.3 is 20.7 Å². The Balaban J connectivity index is 0.00000243. The normalized spacial score (nSPS) is 15.6. The van der Waals surface area contributed by atoms with Gasteiger partial charge in [-0.2, -0.15) is 0 Å². The maximum Gasteiger partial charge on any atom is 0.233 e. The molecule has 1 fully saturated rings. The van der Waals surface area contributed by atoms with Gasteiger partial charge in [0.05, 0.1) is 12.0 Å². The Morgan fingerprint density at radius 2 is 1.58 bits per heavy atom. The van der Waals surface area contributed by atoms with Gasteiger partial charge in [-0.1, -0.05) is 18.2 Å². The summed E-state index contributed by atoms with van der Waals surface area (Å²) in [6, 6.07) is 17.8. The van der Waals surface area contributed by atoms with E-state index in [2.05, 4.69) is 16.0 Å². The topological polar surface area (TPSA) is 62.4 Å². The Morgan fingerprint density at radius 3 is 2.19 bits per heavy atom. The lowest BCUT2D eigenvalue weighted by Crippen LogP contribution is -2.47. The van der Waals surface area contributed by atoms with E-state index in [1.807, 2.05) is 54.6 Å². The van der Waals surface area contributed by atoms with Gasteiger partial charge in [-0.3, -0.25) is 4.79 Å². The fraction of sp³-hybridized carbons (Fsp3) is 0.350. The van der Waals surface area contributed by atoms with E-state index in [0.29, 0.717) is 6.61 Å². The van der Waals surface area contributed by atoms with Crippen LogP contribution in [0, 0.1) is 5.41 Å². The minimum absolute atomic E-state index is 0. The molecule has 0 radical (unpaired) electrons. The molecular formula is C20H26ClN3O2. The van der Waals surface area contributed by atoms with Crippen molar-refractivity contribution in [3.8, 4) is 0 Å². The molecule has 6 heteroatoms. The number of ether oxygens (including phenoxy) is 1. The van der Waals surface area contributed by atoms with Gasteiger partial charge >= 0.3 is 0 Å². The van der Waals surface area contributed by atoms with Gasteiger partial charge in [-0.25, -0.2) is 0 Å². The van der Waals surface area contributed by atoms with Crippen LogP contribution in [0.2, 0.25) is 0 Å². The molecule has 0 spiro atoms. The summed E-state index contributed by atoms with van der Waals surface area (Å²) in [6.07, 6.45) is 1.58. The molecule has 0 aliphatic carbocycles. The molecule has 1 heterocycles. The molecule has 2 aromatic rings. The average molecular weight is 376 g/mol. The number of methoxy groups -OCH3 is 1. The largest absolute Gasteiger partial charge is 0.384 e. The number of benzene rings is 2. The molecule has 2 aromatic carbocycles. The first-order valence-electron chi connectivity index (χ1n) is 8.65. The smallest absolute Gasteiger partial charge is 0.233 e. The quantitative estimate of drug-likeness (QED) is 0.718. The van der Waals surface area contributed by atoms with Crippen LogP contribution in [0.4, 0.5) is 17.1 Å². The molecule has 0 aromatic heterocycles. The summed E-state index contributed by atoms with van der Waals surface area (Å²) in [5.74, 6) is 0.0413. The van der Waals surface area contributed by atoms with Crippen LogP contribution >= 0.6 is 12.4 Å². The number of halogens is 1. The van der Waals surface area contributed by atoms with Crippen LogP contribution in [0.5, 0.6) is 0 Å². The van der Waals surface area contributed by atoms with E-state index in [-0.39, 0.29) is 18.3 Å². The van der Waals surface area contributed by atoms with E-state index < -0.39 is 5.41 Å². The second-order valence-electron chi connectivity index (χ2n) is 6.49. The highest BCUT2D eigenvalue weighted by Gasteiger charge is 2.39. The zero-order valence-corrected chi connectivity index (χ0v) is 15.8. The van der Waals surface area contributed by atoms with Crippen molar-refractivity contribution >= 4 is 35.4 Å². The van der Waals surface area contributed by atoms with Gasteiger partial charge in [0, 0.05) is 24.2 Å². The first kappa shape index (κ1) is 20.2.